The van der Waals surface area contributed by atoms with Crippen LogP contribution in [0.5, 0.6) is 5.75 Å². The van der Waals surface area contributed by atoms with Gasteiger partial charge in [-0.25, -0.2) is 0 Å². The van der Waals surface area contributed by atoms with Crippen molar-refractivity contribution in [2.75, 3.05) is 26.8 Å². The van der Waals surface area contributed by atoms with E-state index in [-0.39, 0.29) is 6.10 Å². The Kier molecular flexibility index (Phi) is 3.62. The Morgan fingerprint density at radius 3 is 3.16 bits per heavy atom. The quantitative estimate of drug-likeness (QED) is 0.897. The van der Waals surface area contributed by atoms with E-state index in [1.54, 1.807) is 7.11 Å². The highest BCUT2D eigenvalue weighted by Crippen LogP contribution is 2.23. The van der Waals surface area contributed by atoms with E-state index in [2.05, 4.69) is 11.4 Å². The minimum absolute atomic E-state index is 0.0500. The van der Waals surface area contributed by atoms with Crippen molar-refractivity contribution < 1.29 is 9.47 Å². The van der Waals surface area contributed by atoms with E-state index in [1.807, 2.05) is 24.3 Å². The average Bonchev–Trinajstić information content (AvgIpc) is 2.75. The van der Waals surface area contributed by atoms with E-state index in [0.717, 1.165) is 48.5 Å². The lowest BCUT2D eigenvalue weighted by atomic mass is 10.1. The third-order valence-electron chi connectivity index (χ3n) is 3.39. The molecule has 0 amide bonds. The monoisotopic (exact) mass is 258 g/mol. The first-order valence-electron chi connectivity index (χ1n) is 6.64. The van der Waals surface area contributed by atoms with Gasteiger partial charge in [-0.2, -0.15) is 0 Å². The van der Waals surface area contributed by atoms with Crippen LogP contribution in [0.1, 0.15) is 18.2 Å². The number of pyridine rings is 1. The van der Waals surface area contributed by atoms with E-state index >= 15 is 0 Å². The molecule has 19 heavy (non-hydrogen) atoms. The molecule has 3 rings (SSSR count). The van der Waals surface area contributed by atoms with Gasteiger partial charge >= 0.3 is 0 Å². The van der Waals surface area contributed by atoms with Gasteiger partial charge in [0.2, 0.25) is 0 Å². The Hall–Kier alpha value is -1.65. The lowest BCUT2D eigenvalue weighted by Gasteiger charge is -2.15. The van der Waals surface area contributed by atoms with Crippen LogP contribution in [0.4, 0.5) is 0 Å². The second-order valence-corrected chi connectivity index (χ2v) is 4.71. The van der Waals surface area contributed by atoms with E-state index < -0.39 is 0 Å². The summed E-state index contributed by atoms with van der Waals surface area (Å²) < 4.78 is 11.1. The first kappa shape index (κ1) is 12.4. The summed E-state index contributed by atoms with van der Waals surface area (Å²) in [4.78, 5) is 4.70. The summed E-state index contributed by atoms with van der Waals surface area (Å²) in [6.45, 7) is 2.63. The molecular weight excluding hydrogens is 240 g/mol. The first-order chi connectivity index (χ1) is 9.36. The second-order valence-electron chi connectivity index (χ2n) is 4.71. The summed E-state index contributed by atoms with van der Waals surface area (Å²) >= 11 is 0. The fourth-order valence-corrected chi connectivity index (χ4v) is 2.33. The smallest absolute Gasteiger partial charge is 0.119 e. The van der Waals surface area contributed by atoms with Crippen LogP contribution in [-0.4, -0.2) is 31.8 Å². The molecule has 1 saturated heterocycles. The maximum absolute atomic E-state index is 5.83. The van der Waals surface area contributed by atoms with Gasteiger partial charge in [-0.3, -0.25) is 4.98 Å². The van der Waals surface area contributed by atoms with Crippen molar-refractivity contribution in [2.45, 2.75) is 12.5 Å². The first-order valence-corrected chi connectivity index (χ1v) is 6.64. The Morgan fingerprint density at radius 1 is 1.32 bits per heavy atom. The number of aromatic nitrogens is 1. The van der Waals surface area contributed by atoms with Crippen LogP contribution in [0.25, 0.3) is 10.9 Å². The molecule has 2 heterocycles. The van der Waals surface area contributed by atoms with Crippen molar-refractivity contribution in [3.05, 3.63) is 36.0 Å². The Bertz CT molecular complexity index is 563. The van der Waals surface area contributed by atoms with E-state index in [9.17, 15) is 0 Å². The molecule has 4 heteroatoms. The van der Waals surface area contributed by atoms with Crippen LogP contribution < -0.4 is 10.1 Å². The molecule has 0 saturated carbocycles. The lowest BCUT2D eigenvalue weighted by Crippen LogP contribution is -2.20. The summed E-state index contributed by atoms with van der Waals surface area (Å²) in [5.41, 5.74) is 1.97. The maximum atomic E-state index is 5.83. The topological polar surface area (TPSA) is 43.4 Å². The molecule has 1 atom stereocenters. The van der Waals surface area contributed by atoms with Gasteiger partial charge in [-0.1, -0.05) is 6.07 Å². The van der Waals surface area contributed by atoms with Crippen molar-refractivity contribution in [3.8, 4) is 5.75 Å². The van der Waals surface area contributed by atoms with Crippen LogP contribution in [0.3, 0.4) is 0 Å². The fraction of sp³-hybridized carbons (Fsp3) is 0.400. The fourth-order valence-electron chi connectivity index (χ4n) is 2.33. The number of benzene rings is 1. The predicted octanol–water partition coefficient (Wildman–Crippen LogP) is 2.29. The average molecular weight is 258 g/mol. The lowest BCUT2D eigenvalue weighted by molar-refractivity contribution is 0.0641. The normalized spacial score (nSPS) is 20.2. The van der Waals surface area contributed by atoms with Crippen LogP contribution in [-0.2, 0) is 4.74 Å². The molecular formula is C15H18N2O2. The molecule has 0 aliphatic carbocycles. The minimum Gasteiger partial charge on any atom is -0.497 e. The number of rotatable bonds is 2. The van der Waals surface area contributed by atoms with Gasteiger partial charge < -0.3 is 14.8 Å². The molecule has 0 spiro atoms. The third-order valence-corrected chi connectivity index (χ3v) is 3.39. The van der Waals surface area contributed by atoms with Gasteiger partial charge in [-0.05, 0) is 37.2 Å². The van der Waals surface area contributed by atoms with E-state index in [1.165, 1.54) is 0 Å². The third kappa shape index (κ3) is 2.69. The summed E-state index contributed by atoms with van der Waals surface area (Å²) in [5.74, 6) is 0.856. The van der Waals surface area contributed by atoms with Crippen LogP contribution in [0.2, 0.25) is 0 Å². The van der Waals surface area contributed by atoms with Crippen molar-refractivity contribution in [1.29, 1.82) is 0 Å². The summed E-state index contributed by atoms with van der Waals surface area (Å²) in [6, 6.07) is 10.0. The standard InChI is InChI=1S/C15H18N2O2/c1-18-12-4-6-13-11(9-12)3-5-14(17-13)15-10-16-7-2-8-19-15/h3-6,9,15-16H,2,7-8,10H2,1H3. The van der Waals surface area contributed by atoms with Gasteiger partial charge in [0, 0.05) is 18.5 Å². The van der Waals surface area contributed by atoms with Crippen LogP contribution in [0.15, 0.2) is 30.3 Å². The van der Waals surface area contributed by atoms with Crippen molar-refractivity contribution in [1.82, 2.24) is 10.3 Å². The SMILES string of the molecule is COc1ccc2nc(C3CNCCCO3)ccc2c1. The van der Waals surface area contributed by atoms with E-state index in [0.29, 0.717) is 0 Å². The molecule has 4 nitrogen and oxygen atoms in total. The number of hydrogen-bond donors (Lipinski definition) is 1. The zero-order valence-electron chi connectivity index (χ0n) is 11.1. The molecule has 2 aromatic rings. The molecule has 1 fully saturated rings. The number of nitrogens with one attached hydrogen (secondary N) is 1. The molecule has 1 aromatic carbocycles. The van der Waals surface area contributed by atoms with E-state index in [4.69, 9.17) is 14.5 Å². The maximum Gasteiger partial charge on any atom is 0.119 e. The molecule has 1 unspecified atom stereocenters. The Morgan fingerprint density at radius 2 is 2.26 bits per heavy atom. The minimum atomic E-state index is 0.0500. The van der Waals surface area contributed by atoms with Gasteiger partial charge in [-0.15, -0.1) is 0 Å². The zero-order valence-corrected chi connectivity index (χ0v) is 11.1. The van der Waals surface area contributed by atoms with Gasteiger partial charge in [0.15, 0.2) is 0 Å². The highest BCUT2D eigenvalue weighted by atomic mass is 16.5. The highest BCUT2D eigenvalue weighted by molar-refractivity contribution is 5.80. The Balaban J connectivity index is 1.92. The molecule has 0 bridgehead atoms. The molecule has 1 aliphatic rings. The molecule has 100 valence electrons. The number of nitrogens with zero attached hydrogens (tertiary/aromatic N) is 1. The molecule has 1 aliphatic heterocycles. The molecule has 1 aromatic heterocycles. The molecule has 1 N–H and O–H groups in total. The largest absolute Gasteiger partial charge is 0.497 e. The second kappa shape index (κ2) is 5.55. The number of fused-ring (bicyclic) bond motifs is 1. The van der Waals surface area contributed by atoms with Crippen molar-refractivity contribution >= 4 is 10.9 Å². The summed E-state index contributed by atoms with van der Waals surface area (Å²) in [5, 5.41) is 4.46. The molecule has 0 radical (unpaired) electrons. The number of ether oxygens (including phenoxy) is 2. The predicted molar refractivity (Wildman–Crippen MR) is 74.5 cm³/mol. The number of methoxy groups -OCH3 is 1. The summed E-state index contributed by atoms with van der Waals surface area (Å²) in [6.07, 6.45) is 1.11. The van der Waals surface area contributed by atoms with Crippen LogP contribution >= 0.6 is 0 Å². The van der Waals surface area contributed by atoms with Crippen molar-refractivity contribution in [2.24, 2.45) is 0 Å². The summed E-state index contributed by atoms with van der Waals surface area (Å²) in [7, 11) is 1.67. The number of hydrogen-bond acceptors (Lipinski definition) is 4. The zero-order chi connectivity index (χ0) is 13.1. The Labute approximate surface area is 112 Å². The van der Waals surface area contributed by atoms with Gasteiger partial charge in [0.25, 0.3) is 0 Å². The van der Waals surface area contributed by atoms with Crippen molar-refractivity contribution in [3.63, 3.8) is 0 Å². The van der Waals surface area contributed by atoms with Crippen LogP contribution in [0, 0.1) is 0 Å². The van der Waals surface area contributed by atoms with Gasteiger partial charge in [0.1, 0.15) is 11.9 Å². The van der Waals surface area contributed by atoms with Gasteiger partial charge in [0.05, 0.1) is 18.3 Å². The highest BCUT2D eigenvalue weighted by Gasteiger charge is 2.16.